The van der Waals surface area contributed by atoms with Crippen LogP contribution in [0.2, 0.25) is 0 Å². The molecule has 0 aliphatic carbocycles. The maximum Gasteiger partial charge on any atom is 0.244 e. The fourth-order valence-electron chi connectivity index (χ4n) is 1.65. The Kier molecular flexibility index (Phi) is 4.46. The lowest BCUT2D eigenvalue weighted by Gasteiger charge is -2.31. The molecular formula is C14H21FN2O. The maximum absolute atomic E-state index is 13.7. The number of likely N-dealkylation sites (N-methyl/N-ethyl adjacent to an activating group) is 1. The molecule has 1 rings (SSSR count). The summed E-state index contributed by atoms with van der Waals surface area (Å²) in [5.74, 6) is -0.663. The van der Waals surface area contributed by atoms with Gasteiger partial charge in [0.25, 0.3) is 0 Å². The topological polar surface area (TPSA) is 46.3 Å². The third-order valence-corrected chi connectivity index (χ3v) is 2.92. The first-order valence-corrected chi connectivity index (χ1v) is 6.10. The highest BCUT2D eigenvalue weighted by atomic mass is 19.1. The molecule has 0 bridgehead atoms. The van der Waals surface area contributed by atoms with Crippen LogP contribution in [0.1, 0.15) is 27.7 Å². The number of nitrogens with zero attached hydrogens (tertiary/aromatic N) is 1. The Bertz CT molecular complexity index is 426. The first-order chi connectivity index (χ1) is 8.29. The second-order valence-electron chi connectivity index (χ2n) is 5.38. The number of benzene rings is 1. The molecule has 1 aromatic rings. The highest BCUT2D eigenvalue weighted by Gasteiger charge is 2.31. The molecule has 0 heterocycles. The van der Waals surface area contributed by atoms with Gasteiger partial charge in [0.2, 0.25) is 5.91 Å². The minimum absolute atomic E-state index is 0.255. The Hall–Kier alpha value is -1.42. The van der Waals surface area contributed by atoms with Crippen LogP contribution >= 0.6 is 0 Å². The second-order valence-corrected chi connectivity index (χ2v) is 5.38. The van der Waals surface area contributed by atoms with Gasteiger partial charge < -0.3 is 10.6 Å². The zero-order valence-corrected chi connectivity index (χ0v) is 11.4. The van der Waals surface area contributed by atoms with Gasteiger partial charge in [-0.2, -0.15) is 0 Å². The van der Waals surface area contributed by atoms with E-state index in [1.54, 1.807) is 25.1 Å². The van der Waals surface area contributed by atoms with E-state index in [1.165, 1.54) is 11.0 Å². The smallest absolute Gasteiger partial charge is 0.244 e. The third kappa shape index (κ3) is 3.07. The van der Waals surface area contributed by atoms with Crippen LogP contribution in [0.3, 0.4) is 0 Å². The molecule has 4 heteroatoms. The third-order valence-electron chi connectivity index (χ3n) is 2.92. The number of hydrogen-bond acceptors (Lipinski definition) is 2. The van der Waals surface area contributed by atoms with Gasteiger partial charge in [-0.3, -0.25) is 4.79 Å². The summed E-state index contributed by atoms with van der Waals surface area (Å²) >= 11 is 0. The number of amides is 1. The van der Waals surface area contributed by atoms with Gasteiger partial charge in [0, 0.05) is 6.54 Å². The van der Waals surface area contributed by atoms with E-state index in [0.717, 1.165) is 0 Å². The quantitative estimate of drug-likeness (QED) is 0.898. The molecule has 0 saturated carbocycles. The van der Waals surface area contributed by atoms with Crippen molar-refractivity contribution in [2.45, 2.75) is 33.7 Å². The van der Waals surface area contributed by atoms with Crippen molar-refractivity contribution in [2.75, 3.05) is 11.4 Å². The van der Waals surface area contributed by atoms with Gasteiger partial charge in [0.1, 0.15) is 5.82 Å². The fourth-order valence-corrected chi connectivity index (χ4v) is 1.65. The number of nitrogens with two attached hydrogens (primary N) is 1. The standard InChI is InChI=1S/C14H21FN2O/c1-5-17(11-9-7-6-8-10(11)15)13(18)12(16)14(2,3)4/h6-9,12H,5,16H2,1-4H3/t12-/m1/s1. The molecule has 0 aromatic heterocycles. The van der Waals surface area contributed by atoms with E-state index in [9.17, 15) is 9.18 Å². The monoisotopic (exact) mass is 252 g/mol. The van der Waals surface area contributed by atoms with Crippen molar-refractivity contribution in [3.8, 4) is 0 Å². The van der Waals surface area contributed by atoms with E-state index in [-0.39, 0.29) is 17.0 Å². The Morgan fingerprint density at radius 1 is 1.39 bits per heavy atom. The zero-order chi connectivity index (χ0) is 13.9. The van der Waals surface area contributed by atoms with E-state index in [1.807, 2.05) is 20.8 Å². The summed E-state index contributed by atoms with van der Waals surface area (Å²) < 4.78 is 13.7. The maximum atomic E-state index is 13.7. The number of carbonyl (C=O) groups excluding carboxylic acids is 1. The molecule has 18 heavy (non-hydrogen) atoms. The predicted octanol–water partition coefficient (Wildman–Crippen LogP) is 2.55. The number of hydrogen-bond donors (Lipinski definition) is 1. The summed E-state index contributed by atoms with van der Waals surface area (Å²) in [6, 6.07) is 5.58. The molecule has 2 N–H and O–H groups in total. The van der Waals surface area contributed by atoms with Crippen molar-refractivity contribution >= 4 is 11.6 Å². The van der Waals surface area contributed by atoms with Gasteiger partial charge in [0.15, 0.2) is 0 Å². The molecule has 1 amide bonds. The van der Waals surface area contributed by atoms with Gasteiger partial charge in [-0.25, -0.2) is 4.39 Å². The lowest BCUT2D eigenvalue weighted by molar-refractivity contribution is -0.121. The summed E-state index contributed by atoms with van der Waals surface area (Å²) in [4.78, 5) is 13.7. The lowest BCUT2D eigenvalue weighted by atomic mass is 9.86. The van der Waals surface area contributed by atoms with Crippen LogP contribution in [0.5, 0.6) is 0 Å². The Labute approximate surface area is 108 Å². The zero-order valence-electron chi connectivity index (χ0n) is 11.4. The number of carbonyl (C=O) groups is 1. The largest absolute Gasteiger partial charge is 0.319 e. The number of halogens is 1. The fraction of sp³-hybridized carbons (Fsp3) is 0.500. The molecule has 0 aliphatic heterocycles. The van der Waals surface area contributed by atoms with E-state index >= 15 is 0 Å². The van der Waals surface area contributed by atoms with Crippen molar-refractivity contribution in [3.63, 3.8) is 0 Å². The molecule has 0 saturated heterocycles. The van der Waals surface area contributed by atoms with Gasteiger partial charge >= 0.3 is 0 Å². The number of para-hydroxylation sites is 1. The predicted molar refractivity (Wildman–Crippen MR) is 71.9 cm³/mol. The molecule has 0 radical (unpaired) electrons. The average molecular weight is 252 g/mol. The van der Waals surface area contributed by atoms with Crippen LogP contribution in [-0.4, -0.2) is 18.5 Å². The highest BCUT2D eigenvalue weighted by molar-refractivity contribution is 5.97. The molecule has 0 aliphatic rings. The summed E-state index contributed by atoms with van der Waals surface area (Å²) in [6.45, 7) is 7.88. The molecule has 1 aromatic carbocycles. The van der Waals surface area contributed by atoms with E-state index in [4.69, 9.17) is 5.73 Å². The highest BCUT2D eigenvalue weighted by Crippen LogP contribution is 2.24. The molecule has 0 fully saturated rings. The number of anilines is 1. The lowest BCUT2D eigenvalue weighted by Crippen LogP contribution is -2.50. The Morgan fingerprint density at radius 3 is 2.39 bits per heavy atom. The first kappa shape index (κ1) is 14.6. The summed E-state index contributed by atoms with van der Waals surface area (Å²) in [5, 5.41) is 0. The second kappa shape index (κ2) is 5.48. The molecule has 0 unspecified atom stereocenters. The normalized spacial score (nSPS) is 13.2. The number of rotatable bonds is 3. The summed E-state index contributed by atoms with van der Waals surface area (Å²) in [5.41, 5.74) is 5.88. The van der Waals surface area contributed by atoms with Crippen LogP contribution in [0.25, 0.3) is 0 Å². The minimum Gasteiger partial charge on any atom is -0.319 e. The molecule has 0 spiro atoms. The van der Waals surface area contributed by atoms with Crippen LogP contribution in [0.15, 0.2) is 24.3 Å². The summed E-state index contributed by atoms with van der Waals surface area (Å²) in [6.07, 6.45) is 0. The van der Waals surface area contributed by atoms with E-state index in [0.29, 0.717) is 6.54 Å². The van der Waals surface area contributed by atoms with Crippen LogP contribution in [-0.2, 0) is 4.79 Å². The SMILES string of the molecule is CCN(C(=O)[C@@H](N)C(C)(C)C)c1ccccc1F. The van der Waals surface area contributed by atoms with Crippen molar-refractivity contribution < 1.29 is 9.18 Å². The molecule has 1 atom stereocenters. The average Bonchev–Trinajstić information content (AvgIpc) is 2.30. The van der Waals surface area contributed by atoms with Crippen molar-refractivity contribution in [1.29, 1.82) is 0 Å². The van der Waals surface area contributed by atoms with Crippen LogP contribution < -0.4 is 10.6 Å². The van der Waals surface area contributed by atoms with Crippen molar-refractivity contribution in [3.05, 3.63) is 30.1 Å². The minimum atomic E-state index is -0.656. The first-order valence-electron chi connectivity index (χ1n) is 6.10. The van der Waals surface area contributed by atoms with Gasteiger partial charge in [-0.1, -0.05) is 32.9 Å². The van der Waals surface area contributed by atoms with E-state index < -0.39 is 11.9 Å². The van der Waals surface area contributed by atoms with E-state index in [2.05, 4.69) is 0 Å². The van der Waals surface area contributed by atoms with Crippen molar-refractivity contribution in [2.24, 2.45) is 11.1 Å². The molecule has 3 nitrogen and oxygen atoms in total. The summed E-state index contributed by atoms with van der Waals surface area (Å²) in [7, 11) is 0. The Morgan fingerprint density at radius 2 is 1.94 bits per heavy atom. The molecule has 100 valence electrons. The van der Waals surface area contributed by atoms with Crippen LogP contribution in [0.4, 0.5) is 10.1 Å². The van der Waals surface area contributed by atoms with Gasteiger partial charge in [-0.15, -0.1) is 0 Å². The van der Waals surface area contributed by atoms with Crippen LogP contribution in [0, 0.1) is 11.2 Å². The van der Waals surface area contributed by atoms with Gasteiger partial charge in [-0.05, 0) is 24.5 Å². The van der Waals surface area contributed by atoms with Gasteiger partial charge in [0.05, 0.1) is 11.7 Å². The van der Waals surface area contributed by atoms with Crippen molar-refractivity contribution in [1.82, 2.24) is 0 Å². The molecular weight excluding hydrogens is 231 g/mol. The Balaban J connectivity index is 3.05.